The van der Waals surface area contributed by atoms with Gasteiger partial charge in [0.1, 0.15) is 4.83 Å². The molecule has 1 aliphatic heterocycles. The SMILES string of the molecule is O=C(CCn1cnc2sccc2c1=O)NC1CCN(C2CC2)CC1. The zero-order chi connectivity index (χ0) is 16.5. The summed E-state index contributed by atoms with van der Waals surface area (Å²) >= 11 is 1.46. The molecule has 2 fully saturated rings. The first-order chi connectivity index (χ1) is 11.7. The molecule has 1 N–H and O–H groups in total. The summed E-state index contributed by atoms with van der Waals surface area (Å²) in [6.45, 7) is 2.56. The number of nitrogens with zero attached hydrogens (tertiary/aromatic N) is 3. The Morgan fingerprint density at radius 2 is 2.08 bits per heavy atom. The quantitative estimate of drug-likeness (QED) is 0.893. The Bertz CT molecular complexity index is 787. The Kier molecular flexibility index (Phi) is 4.37. The zero-order valence-electron chi connectivity index (χ0n) is 13.6. The molecule has 0 radical (unpaired) electrons. The van der Waals surface area contributed by atoms with Crippen molar-refractivity contribution in [3.63, 3.8) is 0 Å². The Morgan fingerprint density at radius 3 is 2.83 bits per heavy atom. The van der Waals surface area contributed by atoms with Crippen molar-refractivity contribution >= 4 is 27.5 Å². The van der Waals surface area contributed by atoms with E-state index in [2.05, 4.69) is 15.2 Å². The van der Waals surface area contributed by atoms with Crippen LogP contribution in [0.15, 0.2) is 22.6 Å². The second-order valence-corrected chi connectivity index (χ2v) is 7.64. The summed E-state index contributed by atoms with van der Waals surface area (Å²) in [5.41, 5.74) is -0.0632. The largest absolute Gasteiger partial charge is 0.353 e. The van der Waals surface area contributed by atoms with Crippen LogP contribution in [0.1, 0.15) is 32.1 Å². The van der Waals surface area contributed by atoms with Crippen LogP contribution in [0.3, 0.4) is 0 Å². The molecule has 0 spiro atoms. The van der Waals surface area contributed by atoms with E-state index in [1.54, 1.807) is 12.4 Å². The number of carbonyl (C=O) groups excluding carboxylic acids is 1. The number of hydrogen-bond acceptors (Lipinski definition) is 5. The van der Waals surface area contributed by atoms with Gasteiger partial charge in [0.25, 0.3) is 5.56 Å². The van der Waals surface area contributed by atoms with Gasteiger partial charge in [-0.15, -0.1) is 11.3 Å². The number of likely N-dealkylation sites (tertiary alicyclic amines) is 1. The van der Waals surface area contributed by atoms with Crippen LogP contribution in [-0.4, -0.2) is 45.5 Å². The number of aryl methyl sites for hydroxylation is 1. The molecule has 1 amide bonds. The summed E-state index contributed by atoms with van der Waals surface area (Å²) in [4.78, 5) is 32.0. The van der Waals surface area contributed by atoms with E-state index in [0.717, 1.165) is 36.8 Å². The van der Waals surface area contributed by atoms with Crippen LogP contribution in [0, 0.1) is 0 Å². The molecular formula is C17H22N4O2S. The molecule has 4 rings (SSSR count). The highest BCUT2D eigenvalue weighted by Crippen LogP contribution is 2.29. The highest BCUT2D eigenvalue weighted by Gasteiger charge is 2.31. The van der Waals surface area contributed by atoms with Crippen molar-refractivity contribution in [2.75, 3.05) is 13.1 Å². The molecule has 2 aliphatic rings. The average Bonchev–Trinajstić information content (AvgIpc) is 3.32. The van der Waals surface area contributed by atoms with Crippen LogP contribution < -0.4 is 10.9 Å². The van der Waals surface area contributed by atoms with E-state index >= 15 is 0 Å². The van der Waals surface area contributed by atoms with Crippen molar-refractivity contribution in [3.05, 3.63) is 28.1 Å². The van der Waals surface area contributed by atoms with Crippen LogP contribution in [0.2, 0.25) is 0 Å². The second-order valence-electron chi connectivity index (χ2n) is 6.74. The standard InChI is InChI=1S/C17H22N4O2S/c22-15(19-12-3-7-20(8-4-12)13-1-2-13)5-9-21-11-18-16-14(17(21)23)6-10-24-16/h6,10-13H,1-5,7-9H2,(H,19,22). The molecule has 6 nitrogen and oxygen atoms in total. The molecule has 7 heteroatoms. The number of amides is 1. The lowest BCUT2D eigenvalue weighted by Crippen LogP contribution is -2.45. The minimum absolute atomic E-state index is 0.0252. The van der Waals surface area contributed by atoms with Gasteiger partial charge in [0.15, 0.2) is 0 Å². The van der Waals surface area contributed by atoms with E-state index in [4.69, 9.17) is 0 Å². The van der Waals surface area contributed by atoms with Gasteiger partial charge < -0.3 is 10.2 Å². The molecule has 3 heterocycles. The monoisotopic (exact) mass is 346 g/mol. The lowest BCUT2D eigenvalue weighted by atomic mass is 10.0. The normalized spacial score (nSPS) is 19.7. The molecule has 2 aromatic rings. The van der Waals surface area contributed by atoms with Crippen LogP contribution in [0.25, 0.3) is 10.2 Å². The van der Waals surface area contributed by atoms with Gasteiger partial charge in [-0.25, -0.2) is 4.98 Å². The Hall–Kier alpha value is -1.73. The van der Waals surface area contributed by atoms with Gasteiger partial charge in [-0.05, 0) is 37.1 Å². The van der Waals surface area contributed by atoms with E-state index < -0.39 is 0 Å². The Balaban J connectivity index is 1.28. The highest BCUT2D eigenvalue weighted by molar-refractivity contribution is 7.16. The third kappa shape index (κ3) is 3.37. The fraction of sp³-hybridized carbons (Fsp3) is 0.588. The van der Waals surface area contributed by atoms with Gasteiger partial charge in [0.2, 0.25) is 5.91 Å². The molecule has 0 bridgehead atoms. The molecule has 24 heavy (non-hydrogen) atoms. The van der Waals surface area contributed by atoms with E-state index in [9.17, 15) is 9.59 Å². The third-order valence-electron chi connectivity index (χ3n) is 4.99. The van der Waals surface area contributed by atoms with E-state index in [-0.39, 0.29) is 17.5 Å². The fourth-order valence-corrected chi connectivity index (χ4v) is 4.15. The molecule has 128 valence electrons. The van der Waals surface area contributed by atoms with Crippen LogP contribution in [0.5, 0.6) is 0 Å². The summed E-state index contributed by atoms with van der Waals surface area (Å²) < 4.78 is 1.53. The second kappa shape index (κ2) is 6.64. The number of hydrogen-bond donors (Lipinski definition) is 1. The molecule has 1 saturated carbocycles. The first-order valence-electron chi connectivity index (χ1n) is 8.67. The van der Waals surface area contributed by atoms with Gasteiger partial charge in [-0.1, -0.05) is 0 Å². The van der Waals surface area contributed by atoms with Crippen molar-refractivity contribution in [3.8, 4) is 0 Å². The molecule has 0 aromatic carbocycles. The number of rotatable bonds is 5. The lowest BCUT2D eigenvalue weighted by molar-refractivity contribution is -0.122. The average molecular weight is 346 g/mol. The summed E-state index contributed by atoms with van der Waals surface area (Å²) in [5, 5.41) is 5.62. The molecule has 1 saturated heterocycles. The van der Waals surface area contributed by atoms with Crippen LogP contribution in [-0.2, 0) is 11.3 Å². The van der Waals surface area contributed by atoms with Crippen LogP contribution in [0.4, 0.5) is 0 Å². The smallest absolute Gasteiger partial charge is 0.262 e. The minimum atomic E-state index is -0.0632. The number of nitrogens with one attached hydrogen (secondary N) is 1. The van der Waals surface area contributed by atoms with Crippen molar-refractivity contribution in [1.82, 2.24) is 19.8 Å². The predicted octanol–water partition coefficient (Wildman–Crippen LogP) is 1.59. The zero-order valence-corrected chi connectivity index (χ0v) is 14.4. The van der Waals surface area contributed by atoms with Crippen molar-refractivity contribution in [2.45, 2.75) is 50.7 Å². The summed E-state index contributed by atoms with van der Waals surface area (Å²) in [6.07, 6.45) is 6.61. The maximum Gasteiger partial charge on any atom is 0.262 e. The predicted molar refractivity (Wildman–Crippen MR) is 94.3 cm³/mol. The maximum absolute atomic E-state index is 12.3. The highest BCUT2D eigenvalue weighted by atomic mass is 32.1. The molecular weight excluding hydrogens is 324 g/mol. The van der Waals surface area contributed by atoms with Gasteiger partial charge in [-0.2, -0.15) is 0 Å². The van der Waals surface area contributed by atoms with Crippen molar-refractivity contribution < 1.29 is 4.79 Å². The summed E-state index contributed by atoms with van der Waals surface area (Å²) in [6, 6.07) is 2.88. The first kappa shape index (κ1) is 15.8. The minimum Gasteiger partial charge on any atom is -0.353 e. The van der Waals surface area contributed by atoms with Crippen molar-refractivity contribution in [1.29, 1.82) is 0 Å². The Morgan fingerprint density at radius 1 is 1.29 bits per heavy atom. The van der Waals surface area contributed by atoms with Gasteiger partial charge in [0.05, 0.1) is 11.7 Å². The number of piperidine rings is 1. The van der Waals surface area contributed by atoms with Crippen molar-refractivity contribution in [2.24, 2.45) is 0 Å². The van der Waals surface area contributed by atoms with Gasteiger partial charge >= 0.3 is 0 Å². The summed E-state index contributed by atoms with van der Waals surface area (Å²) in [7, 11) is 0. The van der Waals surface area contributed by atoms with Gasteiger partial charge in [0, 0.05) is 38.1 Å². The van der Waals surface area contributed by atoms with Crippen LogP contribution >= 0.6 is 11.3 Å². The number of aromatic nitrogens is 2. The van der Waals surface area contributed by atoms with E-state index in [1.165, 1.54) is 28.7 Å². The van der Waals surface area contributed by atoms with Gasteiger partial charge in [-0.3, -0.25) is 14.2 Å². The maximum atomic E-state index is 12.3. The third-order valence-corrected chi connectivity index (χ3v) is 5.81. The summed E-state index contributed by atoms with van der Waals surface area (Å²) in [5.74, 6) is 0.0252. The molecule has 2 aromatic heterocycles. The fourth-order valence-electron chi connectivity index (χ4n) is 3.42. The van der Waals surface area contributed by atoms with E-state index in [0.29, 0.717) is 18.4 Å². The molecule has 0 unspecified atom stereocenters. The lowest BCUT2D eigenvalue weighted by Gasteiger charge is -2.32. The number of thiophene rings is 1. The number of fused-ring (bicyclic) bond motifs is 1. The first-order valence-corrected chi connectivity index (χ1v) is 9.55. The molecule has 1 aliphatic carbocycles. The van der Waals surface area contributed by atoms with E-state index in [1.807, 2.05) is 5.38 Å². The molecule has 0 atom stereocenters. The topological polar surface area (TPSA) is 67.2 Å². The Labute approximate surface area is 144 Å². The number of carbonyl (C=O) groups is 1.